The second-order valence-corrected chi connectivity index (χ2v) is 7.34. The maximum Gasteiger partial charge on any atom is 0.0229 e. The molecule has 3 atom stereocenters. The van der Waals surface area contributed by atoms with E-state index in [1.807, 2.05) is 0 Å². The Hall–Kier alpha value is -0.340. The van der Waals surface area contributed by atoms with Gasteiger partial charge >= 0.3 is 0 Å². The van der Waals surface area contributed by atoms with Crippen LogP contribution in [0.25, 0.3) is 0 Å². The van der Waals surface area contributed by atoms with Crippen molar-refractivity contribution < 1.29 is 0 Å². The second-order valence-electron chi connectivity index (χ2n) is 7.34. The Bertz CT molecular complexity index is 290. The lowest BCUT2D eigenvalue weighted by molar-refractivity contribution is 0.203. The van der Waals surface area contributed by atoms with Crippen LogP contribution in [0.2, 0.25) is 0 Å². The molecule has 2 rings (SSSR count). The Morgan fingerprint density at radius 3 is 2.56 bits per heavy atom. The van der Waals surface area contributed by atoms with Crippen LogP contribution in [0.1, 0.15) is 46.5 Å². The van der Waals surface area contributed by atoms with Crippen molar-refractivity contribution in [1.82, 2.24) is 4.90 Å². The van der Waals surface area contributed by atoms with Gasteiger partial charge in [-0.3, -0.25) is 0 Å². The molecule has 1 heterocycles. The Morgan fingerprint density at radius 2 is 1.94 bits per heavy atom. The van der Waals surface area contributed by atoms with Gasteiger partial charge in [0.15, 0.2) is 0 Å². The van der Waals surface area contributed by atoms with Gasteiger partial charge in [0.25, 0.3) is 0 Å². The maximum atomic E-state index is 5.93. The fourth-order valence-corrected chi connectivity index (χ4v) is 3.48. The van der Waals surface area contributed by atoms with Gasteiger partial charge in [0.1, 0.15) is 0 Å². The third-order valence-corrected chi connectivity index (χ3v) is 4.74. The fraction of sp³-hybridized carbons (Fsp3) is 0.875. The van der Waals surface area contributed by atoms with Crippen molar-refractivity contribution in [1.29, 1.82) is 0 Å². The zero-order chi connectivity index (χ0) is 13.2. The largest absolute Gasteiger partial charge is 0.324 e. The Labute approximate surface area is 113 Å². The Morgan fingerprint density at radius 1 is 1.17 bits per heavy atom. The Kier molecular flexibility index (Phi) is 4.50. The lowest BCUT2D eigenvalue weighted by atomic mass is 9.77. The average molecular weight is 250 g/mol. The van der Waals surface area contributed by atoms with E-state index in [0.29, 0.717) is 17.4 Å². The SMILES string of the molecule is CC(C)(C)C1CCCN(CC2C=CC(N)C2)CC1. The maximum absolute atomic E-state index is 5.93. The molecule has 1 saturated heterocycles. The zero-order valence-corrected chi connectivity index (χ0v) is 12.4. The first-order valence-corrected chi connectivity index (χ1v) is 7.61. The van der Waals surface area contributed by atoms with Gasteiger partial charge in [0.2, 0.25) is 0 Å². The van der Waals surface area contributed by atoms with Gasteiger partial charge in [-0.05, 0) is 56.0 Å². The summed E-state index contributed by atoms with van der Waals surface area (Å²) in [6.07, 6.45) is 9.80. The summed E-state index contributed by atoms with van der Waals surface area (Å²) in [6, 6.07) is 0.310. The highest BCUT2D eigenvalue weighted by atomic mass is 15.1. The predicted octanol–water partition coefficient (Wildman–Crippen LogP) is 3.04. The molecule has 0 saturated carbocycles. The molecule has 0 amide bonds. The van der Waals surface area contributed by atoms with E-state index in [9.17, 15) is 0 Å². The predicted molar refractivity (Wildman–Crippen MR) is 78.5 cm³/mol. The lowest BCUT2D eigenvalue weighted by Crippen LogP contribution is -2.31. The van der Waals surface area contributed by atoms with Gasteiger partial charge in [-0.1, -0.05) is 32.9 Å². The normalized spacial score (nSPS) is 34.8. The molecule has 0 aromatic heterocycles. The van der Waals surface area contributed by atoms with Crippen LogP contribution in [0.5, 0.6) is 0 Å². The van der Waals surface area contributed by atoms with Gasteiger partial charge in [-0.25, -0.2) is 0 Å². The molecule has 0 radical (unpaired) electrons. The van der Waals surface area contributed by atoms with Crippen LogP contribution >= 0.6 is 0 Å². The molecule has 1 fully saturated rings. The van der Waals surface area contributed by atoms with Crippen LogP contribution in [-0.4, -0.2) is 30.6 Å². The molecule has 1 aliphatic carbocycles. The number of hydrogen-bond donors (Lipinski definition) is 1. The summed E-state index contributed by atoms with van der Waals surface area (Å²) in [4.78, 5) is 2.67. The second kappa shape index (κ2) is 5.75. The molecule has 2 heteroatoms. The summed E-state index contributed by atoms with van der Waals surface area (Å²) in [5, 5.41) is 0. The summed E-state index contributed by atoms with van der Waals surface area (Å²) >= 11 is 0. The van der Waals surface area contributed by atoms with Crippen LogP contribution in [0.4, 0.5) is 0 Å². The first-order chi connectivity index (χ1) is 8.45. The minimum Gasteiger partial charge on any atom is -0.324 e. The number of hydrogen-bond acceptors (Lipinski definition) is 2. The molecule has 0 aromatic rings. The number of nitrogens with zero attached hydrogens (tertiary/aromatic N) is 1. The molecule has 3 unspecified atom stereocenters. The molecule has 0 bridgehead atoms. The van der Waals surface area contributed by atoms with Crippen molar-refractivity contribution in [2.45, 2.75) is 52.5 Å². The zero-order valence-electron chi connectivity index (χ0n) is 12.4. The van der Waals surface area contributed by atoms with Crippen molar-refractivity contribution in [3.63, 3.8) is 0 Å². The van der Waals surface area contributed by atoms with Gasteiger partial charge in [-0.15, -0.1) is 0 Å². The summed E-state index contributed by atoms with van der Waals surface area (Å²) < 4.78 is 0. The molecule has 0 aromatic carbocycles. The van der Waals surface area contributed by atoms with Crippen molar-refractivity contribution >= 4 is 0 Å². The molecule has 104 valence electrons. The minimum atomic E-state index is 0.310. The highest BCUT2D eigenvalue weighted by molar-refractivity contribution is 5.05. The van der Waals surface area contributed by atoms with E-state index in [0.717, 1.165) is 12.3 Å². The van der Waals surface area contributed by atoms with Crippen molar-refractivity contribution in [3.05, 3.63) is 12.2 Å². The van der Waals surface area contributed by atoms with Crippen LogP contribution in [-0.2, 0) is 0 Å². The quantitative estimate of drug-likeness (QED) is 0.763. The minimum absolute atomic E-state index is 0.310. The summed E-state index contributed by atoms with van der Waals surface area (Å²) in [7, 11) is 0. The first kappa shape index (κ1) is 14.1. The van der Waals surface area contributed by atoms with Crippen molar-refractivity contribution in [2.24, 2.45) is 23.0 Å². The molecular weight excluding hydrogens is 220 g/mol. The van der Waals surface area contributed by atoms with Crippen molar-refractivity contribution in [3.8, 4) is 0 Å². The molecule has 2 aliphatic rings. The van der Waals surface area contributed by atoms with Gasteiger partial charge in [-0.2, -0.15) is 0 Å². The van der Waals surface area contributed by atoms with E-state index in [2.05, 4.69) is 37.8 Å². The molecule has 0 spiro atoms. The highest BCUT2D eigenvalue weighted by Crippen LogP contribution is 2.34. The summed E-state index contributed by atoms with van der Waals surface area (Å²) in [5.74, 6) is 1.59. The van der Waals surface area contributed by atoms with E-state index < -0.39 is 0 Å². The van der Waals surface area contributed by atoms with Gasteiger partial charge < -0.3 is 10.6 Å². The summed E-state index contributed by atoms with van der Waals surface area (Å²) in [6.45, 7) is 11.0. The van der Waals surface area contributed by atoms with Crippen LogP contribution in [0, 0.1) is 17.3 Å². The van der Waals surface area contributed by atoms with Crippen LogP contribution < -0.4 is 5.73 Å². The van der Waals surface area contributed by atoms with E-state index in [4.69, 9.17) is 5.73 Å². The van der Waals surface area contributed by atoms with Crippen LogP contribution in [0.15, 0.2) is 12.2 Å². The molecule has 18 heavy (non-hydrogen) atoms. The van der Waals surface area contributed by atoms with Crippen molar-refractivity contribution in [2.75, 3.05) is 19.6 Å². The van der Waals surface area contributed by atoms with Gasteiger partial charge in [0.05, 0.1) is 0 Å². The number of nitrogens with two attached hydrogens (primary N) is 1. The molecule has 2 nitrogen and oxygen atoms in total. The average Bonchev–Trinajstić information content (AvgIpc) is 2.53. The number of rotatable bonds is 2. The monoisotopic (exact) mass is 250 g/mol. The third kappa shape index (κ3) is 3.83. The molecule has 2 N–H and O–H groups in total. The third-order valence-electron chi connectivity index (χ3n) is 4.74. The van der Waals surface area contributed by atoms with Gasteiger partial charge in [0, 0.05) is 12.6 Å². The molecular formula is C16H30N2. The van der Waals surface area contributed by atoms with E-state index >= 15 is 0 Å². The first-order valence-electron chi connectivity index (χ1n) is 7.61. The summed E-state index contributed by atoms with van der Waals surface area (Å²) in [5.41, 5.74) is 6.41. The topological polar surface area (TPSA) is 29.3 Å². The molecule has 1 aliphatic heterocycles. The smallest absolute Gasteiger partial charge is 0.0229 e. The highest BCUT2D eigenvalue weighted by Gasteiger charge is 2.28. The number of likely N-dealkylation sites (tertiary alicyclic amines) is 1. The lowest BCUT2D eigenvalue weighted by Gasteiger charge is -2.30. The fourth-order valence-electron chi connectivity index (χ4n) is 3.48. The standard InChI is InChI=1S/C16H30N2/c1-16(2,3)14-5-4-9-18(10-8-14)12-13-6-7-15(17)11-13/h6-7,13-15H,4-5,8-12,17H2,1-3H3. The van der Waals surface area contributed by atoms with E-state index in [1.165, 1.54) is 38.9 Å². The van der Waals surface area contributed by atoms with Crippen LogP contribution in [0.3, 0.4) is 0 Å². The van der Waals surface area contributed by atoms with E-state index in [1.54, 1.807) is 0 Å². The van der Waals surface area contributed by atoms with E-state index in [-0.39, 0.29) is 0 Å². The Balaban J connectivity index is 1.80.